The minimum atomic E-state index is -0.989. The molecule has 0 fully saturated rings. The Hall–Kier alpha value is -3.47. The third-order valence-electron chi connectivity index (χ3n) is 4.05. The number of carboxylic acid groups (broad SMARTS) is 1. The molecule has 0 saturated heterocycles. The first kappa shape index (κ1) is 22.8. The van der Waals surface area contributed by atoms with Crippen molar-refractivity contribution in [2.45, 2.75) is 19.9 Å². The number of carboxylic acids is 1. The van der Waals surface area contributed by atoms with Gasteiger partial charge in [0.1, 0.15) is 5.69 Å². The van der Waals surface area contributed by atoms with Crippen LogP contribution in [0.2, 0.25) is 0 Å². The summed E-state index contributed by atoms with van der Waals surface area (Å²) in [7, 11) is 0. The van der Waals surface area contributed by atoms with Crippen LogP contribution < -0.4 is 21.3 Å². The molecule has 1 aromatic carbocycles. The van der Waals surface area contributed by atoms with E-state index in [9.17, 15) is 19.2 Å². The predicted molar refractivity (Wildman–Crippen MR) is 111 cm³/mol. The number of anilines is 1. The Morgan fingerprint density at radius 3 is 2.50 bits per heavy atom. The molecule has 0 saturated carbocycles. The van der Waals surface area contributed by atoms with Gasteiger partial charge in [0.05, 0.1) is 12.5 Å². The van der Waals surface area contributed by atoms with Crippen LogP contribution in [-0.4, -0.2) is 47.0 Å². The number of amides is 4. The fourth-order valence-corrected chi connectivity index (χ4v) is 3.00. The number of nitrogens with one attached hydrogen (secondary N) is 4. The van der Waals surface area contributed by atoms with Gasteiger partial charge in [-0.15, -0.1) is 11.3 Å². The Kier molecular flexibility index (Phi) is 8.75. The van der Waals surface area contributed by atoms with E-state index in [4.69, 9.17) is 5.11 Å². The maximum atomic E-state index is 12.1. The molecule has 2 rings (SSSR count). The first-order chi connectivity index (χ1) is 14.4. The number of nitrogens with zero attached hydrogens (tertiary/aromatic N) is 1. The topological polar surface area (TPSA) is 150 Å². The maximum absolute atomic E-state index is 12.1. The van der Waals surface area contributed by atoms with Crippen LogP contribution in [0.1, 0.15) is 29.4 Å². The zero-order valence-electron chi connectivity index (χ0n) is 16.3. The Morgan fingerprint density at radius 2 is 1.83 bits per heavy atom. The van der Waals surface area contributed by atoms with Gasteiger partial charge in [-0.2, -0.15) is 0 Å². The molecule has 2 aromatic rings. The molecule has 0 bridgehead atoms. The van der Waals surface area contributed by atoms with Crippen LogP contribution in [0, 0.1) is 5.92 Å². The normalized spacial score (nSPS) is 11.2. The molecular formula is C19H23N5O5S. The fraction of sp³-hybridized carbons (Fsp3) is 0.316. The van der Waals surface area contributed by atoms with E-state index in [1.54, 1.807) is 6.92 Å². The van der Waals surface area contributed by atoms with Gasteiger partial charge in [-0.1, -0.05) is 37.3 Å². The highest BCUT2D eigenvalue weighted by Gasteiger charge is 2.17. The monoisotopic (exact) mass is 433 g/mol. The molecule has 0 aliphatic carbocycles. The number of hydrogen-bond donors (Lipinski definition) is 5. The quantitative estimate of drug-likeness (QED) is 0.382. The van der Waals surface area contributed by atoms with Crippen molar-refractivity contribution in [1.82, 2.24) is 20.9 Å². The van der Waals surface area contributed by atoms with Crippen LogP contribution in [0.3, 0.4) is 0 Å². The molecule has 0 spiro atoms. The molecule has 0 aliphatic heterocycles. The Morgan fingerprint density at radius 1 is 1.10 bits per heavy atom. The van der Waals surface area contributed by atoms with Gasteiger partial charge in [-0.25, -0.2) is 9.78 Å². The van der Waals surface area contributed by atoms with Gasteiger partial charge in [-0.3, -0.25) is 19.7 Å². The largest absolute Gasteiger partial charge is 0.481 e. The molecule has 160 valence electrons. The molecule has 0 aliphatic rings. The predicted octanol–water partition coefficient (Wildman–Crippen LogP) is 1.42. The van der Waals surface area contributed by atoms with Gasteiger partial charge >= 0.3 is 12.0 Å². The van der Waals surface area contributed by atoms with Gasteiger partial charge in [0.15, 0.2) is 5.13 Å². The second kappa shape index (κ2) is 11.5. The molecule has 30 heavy (non-hydrogen) atoms. The average molecular weight is 433 g/mol. The van der Waals surface area contributed by atoms with Gasteiger partial charge in [0.25, 0.3) is 5.91 Å². The van der Waals surface area contributed by atoms with Gasteiger partial charge in [-0.05, 0) is 12.0 Å². The van der Waals surface area contributed by atoms with E-state index >= 15 is 0 Å². The van der Waals surface area contributed by atoms with Crippen molar-refractivity contribution in [2.24, 2.45) is 5.92 Å². The zero-order chi connectivity index (χ0) is 21.9. The summed E-state index contributed by atoms with van der Waals surface area (Å²) in [6.45, 7) is 1.74. The zero-order valence-corrected chi connectivity index (χ0v) is 17.1. The molecule has 0 radical (unpaired) electrons. The molecule has 11 heteroatoms. The van der Waals surface area contributed by atoms with Gasteiger partial charge in [0, 0.05) is 18.5 Å². The van der Waals surface area contributed by atoms with Crippen molar-refractivity contribution in [3.8, 4) is 0 Å². The van der Waals surface area contributed by atoms with E-state index in [0.717, 1.165) is 16.9 Å². The van der Waals surface area contributed by atoms with Crippen LogP contribution in [0.5, 0.6) is 0 Å². The number of rotatable bonds is 10. The van der Waals surface area contributed by atoms with Crippen molar-refractivity contribution in [3.05, 3.63) is 47.0 Å². The highest BCUT2D eigenvalue weighted by molar-refractivity contribution is 7.14. The molecule has 5 N–H and O–H groups in total. The molecule has 10 nitrogen and oxygen atoms in total. The molecule has 4 amide bonds. The first-order valence-electron chi connectivity index (χ1n) is 9.21. The average Bonchev–Trinajstić information content (AvgIpc) is 3.20. The summed E-state index contributed by atoms with van der Waals surface area (Å²) < 4.78 is 0. The van der Waals surface area contributed by atoms with Crippen LogP contribution in [0.15, 0.2) is 35.7 Å². The minimum absolute atomic E-state index is 0.0105. The van der Waals surface area contributed by atoms with E-state index in [1.165, 1.54) is 5.38 Å². The minimum Gasteiger partial charge on any atom is -0.481 e. The van der Waals surface area contributed by atoms with E-state index in [0.29, 0.717) is 13.0 Å². The lowest BCUT2D eigenvalue weighted by atomic mass is 10.1. The summed E-state index contributed by atoms with van der Waals surface area (Å²) in [5, 5.41) is 20.7. The second-order valence-electron chi connectivity index (χ2n) is 6.26. The first-order valence-corrected chi connectivity index (χ1v) is 10.1. The summed E-state index contributed by atoms with van der Waals surface area (Å²) in [5.41, 5.74) is 1.00. The third-order valence-corrected chi connectivity index (χ3v) is 4.81. The van der Waals surface area contributed by atoms with E-state index < -0.39 is 29.7 Å². The van der Waals surface area contributed by atoms with E-state index in [2.05, 4.69) is 26.3 Å². The van der Waals surface area contributed by atoms with Gasteiger partial charge < -0.3 is 21.1 Å². The van der Waals surface area contributed by atoms with Crippen LogP contribution in [0.25, 0.3) is 0 Å². The molecular weight excluding hydrogens is 410 g/mol. The van der Waals surface area contributed by atoms with Crippen molar-refractivity contribution >= 4 is 40.3 Å². The maximum Gasteiger partial charge on any atom is 0.321 e. The fourth-order valence-electron chi connectivity index (χ4n) is 2.31. The highest BCUT2D eigenvalue weighted by atomic mass is 32.1. The van der Waals surface area contributed by atoms with E-state index in [1.807, 2.05) is 30.3 Å². The lowest BCUT2D eigenvalue weighted by molar-refractivity contribution is -0.141. The smallest absolute Gasteiger partial charge is 0.321 e. The summed E-state index contributed by atoms with van der Waals surface area (Å²) in [6.07, 6.45) is 0.384. The Labute approximate surface area is 177 Å². The SMILES string of the molecule is CCC(CNC(=O)CNC(=O)c1csc(NC(=O)NCc2ccccc2)n1)C(=O)O. The molecule has 1 heterocycles. The molecule has 1 unspecified atom stereocenters. The summed E-state index contributed by atoms with van der Waals surface area (Å²) in [4.78, 5) is 50.7. The lowest BCUT2D eigenvalue weighted by Gasteiger charge is -2.11. The van der Waals surface area contributed by atoms with Crippen molar-refractivity contribution in [3.63, 3.8) is 0 Å². The van der Waals surface area contributed by atoms with E-state index in [-0.39, 0.29) is 23.9 Å². The number of benzene rings is 1. The number of aromatic nitrogens is 1. The number of carbonyl (C=O) groups is 4. The second-order valence-corrected chi connectivity index (χ2v) is 7.12. The van der Waals surface area contributed by atoms with Crippen molar-refractivity contribution in [2.75, 3.05) is 18.4 Å². The number of urea groups is 1. The third kappa shape index (κ3) is 7.51. The number of thiazole rings is 1. The van der Waals surface area contributed by atoms with Crippen molar-refractivity contribution in [1.29, 1.82) is 0 Å². The number of carbonyl (C=O) groups excluding carboxylic acids is 3. The van der Waals surface area contributed by atoms with Gasteiger partial charge in [0.2, 0.25) is 5.91 Å². The number of hydrogen-bond acceptors (Lipinski definition) is 6. The van der Waals surface area contributed by atoms with Crippen LogP contribution >= 0.6 is 11.3 Å². The van der Waals surface area contributed by atoms with Crippen LogP contribution in [0.4, 0.5) is 9.93 Å². The summed E-state index contributed by atoms with van der Waals surface area (Å²) >= 11 is 1.07. The summed E-state index contributed by atoms with van der Waals surface area (Å²) in [5.74, 6) is -2.75. The standard InChI is InChI=1S/C19H23N5O5S/c1-2-13(17(27)28)9-20-15(25)10-21-16(26)14-11-30-19(23-14)24-18(29)22-8-12-6-4-3-5-7-12/h3-7,11,13H,2,8-10H2,1H3,(H,20,25)(H,21,26)(H,27,28)(H2,22,23,24,29). The van der Waals surface area contributed by atoms with Crippen molar-refractivity contribution < 1.29 is 24.3 Å². The molecule has 1 atom stereocenters. The molecule has 1 aromatic heterocycles. The lowest BCUT2D eigenvalue weighted by Crippen LogP contribution is -2.40. The number of aliphatic carboxylic acids is 1. The highest BCUT2D eigenvalue weighted by Crippen LogP contribution is 2.15. The van der Waals surface area contributed by atoms with Crippen LogP contribution in [-0.2, 0) is 16.1 Å². The summed E-state index contributed by atoms with van der Waals surface area (Å²) in [6, 6.07) is 8.93. The Bertz CT molecular complexity index is 886. The Balaban J connectivity index is 1.74.